The third kappa shape index (κ3) is 7.55. The minimum atomic E-state index is -3.90. The van der Waals surface area contributed by atoms with Crippen LogP contribution in [0.25, 0.3) is 11.0 Å². The molecule has 1 saturated heterocycles. The number of anilines is 1. The molecule has 54 heavy (non-hydrogen) atoms. The Morgan fingerprint density at radius 3 is 2.48 bits per heavy atom. The van der Waals surface area contributed by atoms with Crippen LogP contribution >= 0.6 is 0 Å². The van der Waals surface area contributed by atoms with Gasteiger partial charge in [0.25, 0.3) is 6.01 Å². The first-order valence-electron chi connectivity index (χ1n) is 19.8. The molecule has 0 spiro atoms. The highest BCUT2D eigenvalue weighted by Gasteiger charge is 2.62. The molecule has 3 aromatic rings. The van der Waals surface area contributed by atoms with Crippen molar-refractivity contribution in [3.8, 4) is 6.01 Å². The average Bonchev–Trinajstić information content (AvgIpc) is 3.95. The van der Waals surface area contributed by atoms with Crippen LogP contribution in [0.15, 0.2) is 60.7 Å². The third-order valence-corrected chi connectivity index (χ3v) is 14.3. The molecule has 2 saturated carbocycles. The van der Waals surface area contributed by atoms with Crippen LogP contribution in [0.3, 0.4) is 0 Å². The zero-order valence-electron chi connectivity index (χ0n) is 32.2. The Bertz CT molecular complexity index is 2040. The van der Waals surface area contributed by atoms with Crippen molar-refractivity contribution in [3.05, 3.63) is 66.2 Å². The number of nitrogens with one attached hydrogen (secondary N) is 2. The van der Waals surface area contributed by atoms with Crippen LogP contribution in [0.1, 0.15) is 116 Å². The molecule has 1 aromatic heterocycles. The lowest BCUT2D eigenvalue weighted by molar-refractivity contribution is -0.139. The zero-order chi connectivity index (χ0) is 38.4. The molecule has 3 fully saturated rings. The van der Waals surface area contributed by atoms with Gasteiger partial charge in [0.2, 0.25) is 21.8 Å². The molecular formula is C42H55N5O6S. The molecule has 7 rings (SSSR count). The number of hydrogen-bond donors (Lipinski definition) is 2. The largest absolute Gasteiger partial charge is 0.459 e. The van der Waals surface area contributed by atoms with Crippen molar-refractivity contribution in [2.75, 3.05) is 11.9 Å². The standard InChI is InChI=1S/C42H55N5O6S/c1-27(2)29-18-19-35-34(22-29)44-40(47(35)28(3)4)53-32-23-36-37(48)25-42(39(50)45-54(51,52)41(5)20-21-41)24-30(42)14-10-7-6-8-13-17-33(38(49)46(36)26-32)43-31-15-11-9-12-16-31/h9-12,14-16,18-19,22,27-28,30,32-33,36,43H,6-8,13,17,20-21,23-26H2,1-5H3,(H,45,50)/b14-10-/t30-,32+,33-,36-,42+/m0/s1. The van der Waals surface area contributed by atoms with Crippen molar-refractivity contribution in [2.45, 2.75) is 134 Å². The van der Waals surface area contributed by atoms with Crippen LogP contribution < -0.4 is 14.8 Å². The fourth-order valence-corrected chi connectivity index (χ4v) is 9.54. The molecule has 5 atom stereocenters. The molecule has 11 nitrogen and oxygen atoms in total. The highest BCUT2D eigenvalue weighted by molar-refractivity contribution is 7.91. The highest BCUT2D eigenvalue weighted by atomic mass is 32.2. The van der Waals surface area contributed by atoms with Crippen LogP contribution in [0.5, 0.6) is 6.01 Å². The second-order valence-electron chi connectivity index (χ2n) is 16.9. The fourth-order valence-electron chi connectivity index (χ4n) is 8.21. The first kappa shape index (κ1) is 38.1. The summed E-state index contributed by atoms with van der Waals surface area (Å²) in [4.78, 5) is 49.9. The van der Waals surface area contributed by atoms with Gasteiger partial charge in [-0.1, -0.05) is 63.1 Å². The zero-order valence-corrected chi connectivity index (χ0v) is 33.0. The summed E-state index contributed by atoms with van der Waals surface area (Å²) >= 11 is 0. The highest BCUT2D eigenvalue weighted by Crippen LogP contribution is 2.57. The van der Waals surface area contributed by atoms with Crippen molar-refractivity contribution in [3.63, 3.8) is 0 Å². The summed E-state index contributed by atoms with van der Waals surface area (Å²) in [5.41, 5.74) is 2.58. The van der Waals surface area contributed by atoms with Gasteiger partial charge in [0.05, 0.1) is 33.8 Å². The Balaban J connectivity index is 1.21. The van der Waals surface area contributed by atoms with E-state index in [0.29, 0.717) is 37.6 Å². The number of ketones is 1. The van der Waals surface area contributed by atoms with E-state index in [1.165, 1.54) is 5.56 Å². The van der Waals surface area contributed by atoms with E-state index in [9.17, 15) is 22.8 Å². The van der Waals surface area contributed by atoms with E-state index in [4.69, 9.17) is 9.72 Å². The van der Waals surface area contributed by atoms with Gasteiger partial charge in [-0.25, -0.2) is 8.42 Å². The average molecular weight is 758 g/mol. The number of imidazole rings is 1. The van der Waals surface area contributed by atoms with Gasteiger partial charge in [-0.05, 0) is 101 Å². The number of carbonyl (C=O) groups is 3. The number of Topliss-reactive ketones (excluding diaryl/α,β-unsaturated/α-hetero) is 1. The molecule has 0 unspecified atom stereocenters. The van der Waals surface area contributed by atoms with Gasteiger partial charge in [-0.15, -0.1) is 0 Å². The molecule has 0 bridgehead atoms. The van der Waals surface area contributed by atoms with Crippen LogP contribution in [-0.2, 0) is 24.4 Å². The van der Waals surface area contributed by atoms with Crippen LogP contribution in [0.4, 0.5) is 5.69 Å². The lowest BCUT2D eigenvalue weighted by atomic mass is 9.91. The molecule has 0 radical (unpaired) electrons. The quantitative estimate of drug-likeness (QED) is 0.222. The van der Waals surface area contributed by atoms with Crippen LogP contribution in [0, 0.1) is 11.3 Å². The summed E-state index contributed by atoms with van der Waals surface area (Å²) in [7, 11) is -3.90. The summed E-state index contributed by atoms with van der Waals surface area (Å²) in [5, 5.41) is 3.45. The van der Waals surface area contributed by atoms with Gasteiger partial charge >= 0.3 is 0 Å². The minimum Gasteiger partial charge on any atom is -0.459 e. The normalized spacial score (nSPS) is 27.9. The van der Waals surface area contributed by atoms with Gasteiger partial charge in [-0.3, -0.25) is 23.7 Å². The Kier molecular flexibility index (Phi) is 10.4. The van der Waals surface area contributed by atoms with E-state index in [1.807, 2.05) is 36.4 Å². The van der Waals surface area contributed by atoms with Crippen molar-refractivity contribution < 1.29 is 27.5 Å². The monoisotopic (exact) mass is 757 g/mol. The first-order valence-corrected chi connectivity index (χ1v) is 21.3. The summed E-state index contributed by atoms with van der Waals surface area (Å²) in [6.45, 7) is 10.3. The third-order valence-electron chi connectivity index (χ3n) is 12.1. The van der Waals surface area contributed by atoms with Crippen molar-refractivity contribution in [1.29, 1.82) is 0 Å². The molecule has 2 N–H and O–H groups in total. The summed E-state index contributed by atoms with van der Waals surface area (Å²) < 4.78 is 36.6. The van der Waals surface area contributed by atoms with Gasteiger partial charge < -0.3 is 15.0 Å². The molecule has 3 heterocycles. The van der Waals surface area contributed by atoms with Gasteiger partial charge in [0.1, 0.15) is 12.1 Å². The Labute approximate surface area is 319 Å². The maximum Gasteiger partial charge on any atom is 0.297 e. The van der Waals surface area contributed by atoms with Crippen molar-refractivity contribution in [2.24, 2.45) is 11.3 Å². The summed E-state index contributed by atoms with van der Waals surface area (Å²) in [6.07, 6.45) is 8.98. The van der Waals surface area contributed by atoms with E-state index in [1.54, 1.807) is 11.8 Å². The number of hydrogen-bond acceptors (Lipinski definition) is 8. The van der Waals surface area contributed by atoms with E-state index >= 15 is 0 Å². The molecule has 2 aromatic carbocycles. The second kappa shape index (κ2) is 14.8. The molecule has 2 aliphatic heterocycles. The topological polar surface area (TPSA) is 140 Å². The predicted molar refractivity (Wildman–Crippen MR) is 210 cm³/mol. The van der Waals surface area contributed by atoms with E-state index < -0.39 is 44.3 Å². The van der Waals surface area contributed by atoms with E-state index in [0.717, 1.165) is 42.4 Å². The second-order valence-corrected chi connectivity index (χ2v) is 19.1. The number of sulfonamides is 1. The Morgan fingerprint density at radius 2 is 1.78 bits per heavy atom. The fraction of sp³-hybridized carbons (Fsp3) is 0.571. The van der Waals surface area contributed by atoms with Crippen LogP contribution in [0.2, 0.25) is 0 Å². The molecule has 290 valence electrons. The Morgan fingerprint density at radius 1 is 1.02 bits per heavy atom. The molecule has 4 aliphatic rings. The summed E-state index contributed by atoms with van der Waals surface area (Å²) in [6, 6.07) is 14.9. The SMILES string of the molecule is CC(C)c1ccc2c(c1)nc(O[C@@H]1C[C@H]3C(=O)C[C@]4(C(=O)NS(=O)(=O)C5(C)CC5)C[C@@H]4/C=C\CCCCC[C@H](Nc4ccccc4)C(=O)N3C1)n2C(C)C. The van der Waals surface area contributed by atoms with E-state index in [2.05, 4.69) is 66.6 Å². The predicted octanol–water partition coefficient (Wildman–Crippen LogP) is 7.05. The lowest BCUT2D eigenvalue weighted by Gasteiger charge is -2.30. The number of rotatable bonds is 9. The number of nitrogens with zero attached hydrogens (tertiary/aromatic N) is 3. The Hall–Kier alpha value is -4.19. The van der Waals surface area contributed by atoms with Crippen molar-refractivity contribution >= 4 is 44.3 Å². The molecular weight excluding hydrogens is 703 g/mol. The molecule has 2 amide bonds. The molecule has 12 heteroatoms. The van der Waals surface area contributed by atoms with Gasteiger partial charge in [0, 0.05) is 24.6 Å². The number of carbonyl (C=O) groups excluding carboxylic acids is 3. The number of para-hydroxylation sites is 1. The number of allylic oxidation sites excluding steroid dienone is 2. The minimum absolute atomic E-state index is 0.0388. The number of ether oxygens (including phenoxy) is 1. The number of amides is 2. The van der Waals surface area contributed by atoms with Gasteiger partial charge in [0.15, 0.2) is 5.78 Å². The van der Waals surface area contributed by atoms with Gasteiger partial charge in [-0.2, -0.15) is 4.98 Å². The summed E-state index contributed by atoms with van der Waals surface area (Å²) in [5.74, 6) is -1.00. The molecule has 2 aliphatic carbocycles. The number of aromatic nitrogens is 2. The van der Waals surface area contributed by atoms with Crippen LogP contribution in [-0.4, -0.2) is 69.9 Å². The maximum atomic E-state index is 14.7. The van der Waals surface area contributed by atoms with E-state index in [-0.39, 0.29) is 43.0 Å². The van der Waals surface area contributed by atoms with Crippen molar-refractivity contribution in [1.82, 2.24) is 19.2 Å². The number of benzene rings is 2. The maximum absolute atomic E-state index is 14.7. The smallest absolute Gasteiger partial charge is 0.297 e. The number of fused-ring (bicyclic) bond motifs is 3. The lowest BCUT2D eigenvalue weighted by Crippen LogP contribution is -2.49. The first-order chi connectivity index (χ1) is 25.7.